The van der Waals surface area contributed by atoms with Gasteiger partial charge in [0.15, 0.2) is 16.6 Å². The van der Waals surface area contributed by atoms with E-state index in [0.29, 0.717) is 18.3 Å². The number of benzene rings is 1. The largest absolute Gasteiger partial charge is 0.486 e. The van der Waals surface area contributed by atoms with Crippen LogP contribution in [0.3, 0.4) is 0 Å². The molecule has 6 heteroatoms. The summed E-state index contributed by atoms with van der Waals surface area (Å²) < 4.78 is 11.2. The zero-order valence-electron chi connectivity index (χ0n) is 14.0. The molecular weight excluding hydrogens is 334 g/mol. The summed E-state index contributed by atoms with van der Waals surface area (Å²) in [5, 5.41) is 7.39. The van der Waals surface area contributed by atoms with Crippen LogP contribution in [0.1, 0.15) is 31.4 Å². The normalized spacial score (nSPS) is 17.8. The van der Waals surface area contributed by atoms with Crippen molar-refractivity contribution in [3.63, 3.8) is 0 Å². The van der Waals surface area contributed by atoms with Crippen LogP contribution in [-0.4, -0.2) is 23.3 Å². The first-order valence-electron chi connectivity index (χ1n) is 8.66. The number of fused-ring (bicyclic) bond motifs is 1. The van der Waals surface area contributed by atoms with Gasteiger partial charge in [-0.05, 0) is 49.3 Å². The molecule has 0 radical (unpaired) electrons. The van der Waals surface area contributed by atoms with Gasteiger partial charge < -0.3 is 20.1 Å². The van der Waals surface area contributed by atoms with E-state index in [-0.39, 0.29) is 5.54 Å². The predicted octanol–water partition coefficient (Wildman–Crippen LogP) is 3.61. The molecule has 0 amide bonds. The maximum atomic E-state index is 5.63. The van der Waals surface area contributed by atoms with Crippen LogP contribution in [0.4, 0.5) is 5.69 Å². The summed E-state index contributed by atoms with van der Waals surface area (Å²) in [5.74, 6) is 1.52. The van der Waals surface area contributed by atoms with E-state index in [0.717, 1.165) is 35.7 Å². The number of aromatic nitrogens is 1. The van der Waals surface area contributed by atoms with Gasteiger partial charge in [0.25, 0.3) is 0 Å². The Morgan fingerprint density at radius 3 is 2.60 bits per heavy atom. The van der Waals surface area contributed by atoms with E-state index in [1.807, 2.05) is 36.5 Å². The first-order valence-corrected chi connectivity index (χ1v) is 9.06. The van der Waals surface area contributed by atoms with Crippen LogP contribution in [0.15, 0.2) is 42.6 Å². The number of anilines is 1. The van der Waals surface area contributed by atoms with Crippen LogP contribution in [0.2, 0.25) is 0 Å². The van der Waals surface area contributed by atoms with Gasteiger partial charge in [0.2, 0.25) is 0 Å². The summed E-state index contributed by atoms with van der Waals surface area (Å²) in [5.41, 5.74) is 1.76. The average molecular weight is 355 g/mol. The lowest BCUT2D eigenvalue weighted by molar-refractivity contribution is 0.171. The van der Waals surface area contributed by atoms with Crippen molar-refractivity contribution >= 4 is 23.0 Å². The Morgan fingerprint density at radius 1 is 1.04 bits per heavy atom. The minimum atomic E-state index is -0.181. The Labute approximate surface area is 152 Å². The fourth-order valence-corrected chi connectivity index (χ4v) is 3.88. The second-order valence-electron chi connectivity index (χ2n) is 6.44. The minimum absolute atomic E-state index is 0.181. The van der Waals surface area contributed by atoms with E-state index in [1.165, 1.54) is 12.8 Å². The summed E-state index contributed by atoms with van der Waals surface area (Å²) in [6.45, 7) is 1.16. The van der Waals surface area contributed by atoms with Gasteiger partial charge in [-0.25, -0.2) is 0 Å². The van der Waals surface area contributed by atoms with Gasteiger partial charge >= 0.3 is 0 Å². The average Bonchev–Trinajstić information content (AvgIpc) is 3.12. The van der Waals surface area contributed by atoms with Crippen molar-refractivity contribution in [3.8, 4) is 11.5 Å². The molecule has 1 aromatic carbocycles. The molecule has 1 aromatic heterocycles. The number of rotatable bonds is 3. The summed E-state index contributed by atoms with van der Waals surface area (Å²) in [6, 6.07) is 11.8. The highest BCUT2D eigenvalue weighted by molar-refractivity contribution is 7.80. The molecule has 1 fully saturated rings. The van der Waals surface area contributed by atoms with E-state index in [2.05, 4.69) is 21.7 Å². The molecule has 2 heterocycles. The van der Waals surface area contributed by atoms with Crippen LogP contribution in [0.5, 0.6) is 11.5 Å². The minimum Gasteiger partial charge on any atom is -0.486 e. The SMILES string of the molecule is S=C(Nc1ccc2c(c1)OCCO2)NC1(c2ccccn2)CCCC1. The maximum Gasteiger partial charge on any atom is 0.171 e. The Hall–Kier alpha value is -2.34. The molecule has 5 nitrogen and oxygen atoms in total. The molecule has 0 bridgehead atoms. The molecule has 25 heavy (non-hydrogen) atoms. The highest BCUT2D eigenvalue weighted by Gasteiger charge is 2.37. The fraction of sp³-hybridized carbons (Fsp3) is 0.368. The van der Waals surface area contributed by atoms with Crippen LogP contribution in [0.25, 0.3) is 0 Å². The second-order valence-corrected chi connectivity index (χ2v) is 6.85. The highest BCUT2D eigenvalue weighted by Crippen LogP contribution is 2.38. The number of ether oxygens (including phenoxy) is 2. The third kappa shape index (κ3) is 3.39. The number of nitrogens with zero attached hydrogens (tertiary/aromatic N) is 1. The lowest BCUT2D eigenvalue weighted by atomic mass is 9.93. The quantitative estimate of drug-likeness (QED) is 0.821. The van der Waals surface area contributed by atoms with E-state index in [9.17, 15) is 0 Å². The fourth-order valence-electron chi connectivity index (χ4n) is 3.57. The molecule has 130 valence electrons. The van der Waals surface area contributed by atoms with Gasteiger partial charge in [-0.3, -0.25) is 4.98 Å². The Balaban J connectivity index is 1.49. The van der Waals surface area contributed by atoms with Crippen LogP contribution < -0.4 is 20.1 Å². The van der Waals surface area contributed by atoms with E-state index in [1.54, 1.807) is 0 Å². The topological polar surface area (TPSA) is 55.4 Å². The molecule has 1 saturated carbocycles. The van der Waals surface area contributed by atoms with E-state index >= 15 is 0 Å². The van der Waals surface area contributed by atoms with Gasteiger partial charge in [0, 0.05) is 18.0 Å². The van der Waals surface area contributed by atoms with Gasteiger partial charge in [-0.1, -0.05) is 18.9 Å². The summed E-state index contributed by atoms with van der Waals surface area (Å²) in [6.07, 6.45) is 6.26. The molecule has 2 aromatic rings. The molecule has 2 N–H and O–H groups in total. The third-order valence-corrected chi connectivity index (χ3v) is 4.97. The highest BCUT2D eigenvalue weighted by atomic mass is 32.1. The van der Waals surface area contributed by atoms with Crippen molar-refractivity contribution < 1.29 is 9.47 Å². The number of hydrogen-bond acceptors (Lipinski definition) is 4. The standard InChI is InChI=1S/C19H21N3O2S/c25-18(21-14-6-7-15-16(13-14)24-12-11-23-15)22-19(8-2-3-9-19)17-5-1-4-10-20-17/h1,4-7,10,13H,2-3,8-9,11-12H2,(H2,21,22,25). The Morgan fingerprint density at radius 2 is 1.84 bits per heavy atom. The number of pyridine rings is 1. The maximum absolute atomic E-state index is 5.63. The predicted molar refractivity (Wildman–Crippen MR) is 101 cm³/mol. The number of nitrogens with one attached hydrogen (secondary N) is 2. The molecule has 0 unspecified atom stereocenters. The second kappa shape index (κ2) is 6.88. The van der Waals surface area contributed by atoms with E-state index in [4.69, 9.17) is 21.7 Å². The molecule has 0 saturated heterocycles. The molecule has 0 spiro atoms. The molecule has 0 atom stereocenters. The number of hydrogen-bond donors (Lipinski definition) is 2. The molecular formula is C19H21N3O2S. The van der Waals surface area contributed by atoms with Crippen molar-refractivity contribution in [1.29, 1.82) is 0 Å². The van der Waals surface area contributed by atoms with Gasteiger partial charge in [0.1, 0.15) is 13.2 Å². The first kappa shape index (κ1) is 16.1. The zero-order valence-corrected chi connectivity index (χ0v) is 14.8. The zero-order chi connectivity index (χ0) is 17.1. The van der Waals surface area contributed by atoms with Crippen molar-refractivity contribution in [3.05, 3.63) is 48.3 Å². The smallest absolute Gasteiger partial charge is 0.171 e. The van der Waals surface area contributed by atoms with Crippen LogP contribution in [-0.2, 0) is 5.54 Å². The number of thiocarbonyl (C=S) groups is 1. The Bertz CT molecular complexity index is 761. The first-order chi connectivity index (χ1) is 12.3. The molecule has 2 aliphatic rings. The lowest BCUT2D eigenvalue weighted by Crippen LogP contribution is -2.46. The third-order valence-electron chi connectivity index (χ3n) is 4.77. The molecule has 1 aliphatic heterocycles. The van der Waals surface area contributed by atoms with Crippen LogP contribution >= 0.6 is 12.2 Å². The van der Waals surface area contributed by atoms with Crippen molar-refractivity contribution in [2.75, 3.05) is 18.5 Å². The van der Waals surface area contributed by atoms with Crippen molar-refractivity contribution in [1.82, 2.24) is 10.3 Å². The lowest BCUT2D eigenvalue weighted by Gasteiger charge is -2.31. The summed E-state index contributed by atoms with van der Waals surface area (Å²) in [4.78, 5) is 4.56. The summed E-state index contributed by atoms with van der Waals surface area (Å²) in [7, 11) is 0. The summed E-state index contributed by atoms with van der Waals surface area (Å²) >= 11 is 5.58. The van der Waals surface area contributed by atoms with E-state index < -0.39 is 0 Å². The van der Waals surface area contributed by atoms with Gasteiger partial charge in [-0.15, -0.1) is 0 Å². The van der Waals surface area contributed by atoms with Crippen LogP contribution in [0, 0.1) is 0 Å². The Kier molecular flexibility index (Phi) is 4.44. The van der Waals surface area contributed by atoms with Crippen molar-refractivity contribution in [2.45, 2.75) is 31.2 Å². The van der Waals surface area contributed by atoms with Crippen molar-refractivity contribution in [2.24, 2.45) is 0 Å². The van der Waals surface area contributed by atoms with Gasteiger partial charge in [-0.2, -0.15) is 0 Å². The monoisotopic (exact) mass is 355 g/mol. The molecule has 1 aliphatic carbocycles. The molecule has 4 rings (SSSR count). The van der Waals surface area contributed by atoms with Gasteiger partial charge in [0.05, 0.1) is 11.2 Å².